The minimum atomic E-state index is -2.99. The number of hydrogen-bond acceptors (Lipinski definition) is 4. The second-order valence-corrected chi connectivity index (χ2v) is 8.80. The maximum absolute atomic E-state index is 12.6. The summed E-state index contributed by atoms with van der Waals surface area (Å²) in [5.41, 5.74) is 0.630. The molecular formula is C15H22N2O3S. The molecule has 2 aliphatic rings. The highest BCUT2D eigenvalue weighted by molar-refractivity contribution is 7.92. The van der Waals surface area contributed by atoms with Crippen LogP contribution in [0, 0.1) is 5.92 Å². The van der Waals surface area contributed by atoms with Crippen molar-refractivity contribution in [3.05, 3.63) is 18.0 Å². The number of fused-ring (bicyclic) bond motifs is 2. The molecule has 116 valence electrons. The van der Waals surface area contributed by atoms with E-state index >= 15 is 0 Å². The zero-order chi connectivity index (χ0) is 15.0. The molecule has 1 aromatic heterocycles. The predicted octanol–water partition coefficient (Wildman–Crippen LogP) is 2.22. The fourth-order valence-electron chi connectivity index (χ4n) is 3.70. The fraction of sp³-hybridized carbons (Fsp3) is 0.733. The Balaban J connectivity index is 1.77. The molecule has 3 heterocycles. The molecule has 0 N–H and O–H groups in total. The molecule has 0 radical (unpaired) electrons. The van der Waals surface area contributed by atoms with Gasteiger partial charge in [-0.2, -0.15) is 5.10 Å². The van der Waals surface area contributed by atoms with Crippen LogP contribution < -0.4 is 0 Å². The van der Waals surface area contributed by atoms with E-state index in [4.69, 9.17) is 0 Å². The van der Waals surface area contributed by atoms with Crippen LogP contribution in [-0.2, 0) is 16.4 Å². The summed E-state index contributed by atoms with van der Waals surface area (Å²) >= 11 is 0. The van der Waals surface area contributed by atoms with Gasteiger partial charge in [0.05, 0.1) is 22.3 Å². The lowest BCUT2D eigenvalue weighted by Crippen LogP contribution is -2.45. The van der Waals surface area contributed by atoms with Crippen LogP contribution in [0.1, 0.15) is 55.8 Å². The first kappa shape index (κ1) is 14.8. The summed E-state index contributed by atoms with van der Waals surface area (Å²) in [6.45, 7) is 2.87. The smallest absolute Gasteiger partial charge is 0.169 e. The summed E-state index contributed by atoms with van der Waals surface area (Å²) in [5.74, 6) is -0.0766. The van der Waals surface area contributed by atoms with Gasteiger partial charge in [0.15, 0.2) is 15.6 Å². The van der Waals surface area contributed by atoms with E-state index in [1.807, 2.05) is 0 Å². The van der Waals surface area contributed by atoms with Crippen molar-refractivity contribution in [2.45, 2.75) is 62.5 Å². The molecule has 0 amide bonds. The standard InChI is InChI=1S/C15H22N2O3S/c1-2-6-17-10-12(9-16-17)15(18)11-7-13-4-3-5-14(8-11)21(13,19)20/h9-11,13-14H,2-8H2,1H3. The van der Waals surface area contributed by atoms with Gasteiger partial charge in [-0.3, -0.25) is 9.48 Å². The number of ketones is 1. The van der Waals surface area contributed by atoms with Crippen molar-refractivity contribution >= 4 is 15.6 Å². The third kappa shape index (κ3) is 2.65. The Bertz CT molecular complexity index is 615. The molecule has 0 aliphatic carbocycles. The van der Waals surface area contributed by atoms with Gasteiger partial charge in [0.25, 0.3) is 0 Å². The van der Waals surface area contributed by atoms with Gasteiger partial charge in [-0.15, -0.1) is 0 Å². The number of nitrogens with zero attached hydrogens (tertiary/aromatic N) is 2. The van der Waals surface area contributed by atoms with Crippen molar-refractivity contribution in [2.75, 3.05) is 0 Å². The molecule has 21 heavy (non-hydrogen) atoms. The minimum Gasteiger partial charge on any atom is -0.294 e. The van der Waals surface area contributed by atoms with E-state index in [2.05, 4.69) is 12.0 Å². The first-order valence-electron chi connectivity index (χ1n) is 7.81. The maximum atomic E-state index is 12.6. The van der Waals surface area contributed by atoms with Gasteiger partial charge in [-0.25, -0.2) is 8.42 Å². The van der Waals surface area contributed by atoms with Crippen molar-refractivity contribution in [3.8, 4) is 0 Å². The number of carbonyl (C=O) groups excluding carboxylic acids is 1. The average molecular weight is 310 g/mol. The molecule has 0 aromatic carbocycles. The summed E-state index contributed by atoms with van der Waals surface area (Å²) in [5, 5.41) is 3.60. The normalized spacial score (nSPS) is 31.0. The molecular weight excluding hydrogens is 288 g/mol. The molecule has 1 aromatic rings. The number of rotatable bonds is 4. The Labute approximate surface area is 125 Å². The first-order valence-corrected chi connectivity index (χ1v) is 9.42. The Kier molecular flexibility index (Phi) is 3.90. The Morgan fingerprint density at radius 2 is 2.00 bits per heavy atom. The van der Waals surface area contributed by atoms with Crippen LogP contribution in [0.5, 0.6) is 0 Å². The second-order valence-electron chi connectivity index (χ2n) is 6.29. The maximum Gasteiger partial charge on any atom is 0.169 e. The number of hydrogen-bond donors (Lipinski definition) is 0. The molecule has 2 atom stereocenters. The number of Topliss-reactive ketones (excluding diaryl/α,β-unsaturated/α-hetero) is 1. The quantitative estimate of drug-likeness (QED) is 0.800. The Morgan fingerprint density at radius 1 is 1.33 bits per heavy atom. The van der Waals surface area contributed by atoms with Crippen molar-refractivity contribution < 1.29 is 13.2 Å². The highest BCUT2D eigenvalue weighted by Gasteiger charge is 2.46. The second kappa shape index (κ2) is 5.55. The lowest BCUT2D eigenvalue weighted by Gasteiger charge is -2.37. The number of carbonyl (C=O) groups is 1. The van der Waals surface area contributed by atoms with Crippen LogP contribution in [0.3, 0.4) is 0 Å². The van der Waals surface area contributed by atoms with Gasteiger partial charge in [-0.05, 0) is 32.1 Å². The van der Waals surface area contributed by atoms with Crippen LogP contribution in [-0.4, -0.2) is 34.5 Å². The van der Waals surface area contributed by atoms with E-state index in [1.54, 1.807) is 17.1 Å². The van der Waals surface area contributed by atoms with Gasteiger partial charge < -0.3 is 0 Å². The lowest BCUT2D eigenvalue weighted by atomic mass is 9.85. The molecule has 5 nitrogen and oxygen atoms in total. The van der Waals surface area contributed by atoms with Gasteiger partial charge in [0, 0.05) is 18.7 Å². The minimum absolute atomic E-state index is 0.0733. The van der Waals surface area contributed by atoms with Crippen molar-refractivity contribution in [1.29, 1.82) is 0 Å². The Hall–Kier alpha value is -1.17. The van der Waals surface area contributed by atoms with Gasteiger partial charge in [-0.1, -0.05) is 13.3 Å². The van der Waals surface area contributed by atoms with Crippen LogP contribution in [0.4, 0.5) is 0 Å². The van der Waals surface area contributed by atoms with Crippen LogP contribution in [0.2, 0.25) is 0 Å². The summed E-state index contributed by atoms with van der Waals surface area (Å²) in [6.07, 6.45) is 7.80. The molecule has 2 fully saturated rings. The summed E-state index contributed by atoms with van der Waals surface area (Å²) in [4.78, 5) is 12.6. The zero-order valence-electron chi connectivity index (χ0n) is 12.4. The van der Waals surface area contributed by atoms with E-state index in [0.717, 1.165) is 32.2 Å². The monoisotopic (exact) mass is 310 g/mol. The third-order valence-electron chi connectivity index (χ3n) is 4.82. The molecule has 0 saturated carbocycles. The topological polar surface area (TPSA) is 69.0 Å². The average Bonchev–Trinajstić information content (AvgIpc) is 2.85. The summed E-state index contributed by atoms with van der Waals surface area (Å²) in [7, 11) is -2.99. The van der Waals surface area contributed by atoms with Gasteiger partial charge >= 0.3 is 0 Å². The van der Waals surface area contributed by atoms with Crippen molar-refractivity contribution in [1.82, 2.24) is 9.78 Å². The molecule has 2 aliphatic heterocycles. The van der Waals surface area contributed by atoms with Crippen molar-refractivity contribution in [2.24, 2.45) is 5.92 Å². The number of aryl methyl sites for hydroxylation is 1. The highest BCUT2D eigenvalue weighted by Crippen LogP contribution is 2.40. The van der Waals surface area contributed by atoms with E-state index in [9.17, 15) is 13.2 Å². The lowest BCUT2D eigenvalue weighted by molar-refractivity contribution is 0.0894. The largest absolute Gasteiger partial charge is 0.294 e. The van der Waals surface area contributed by atoms with Crippen LogP contribution in [0.25, 0.3) is 0 Å². The van der Waals surface area contributed by atoms with E-state index in [1.165, 1.54) is 0 Å². The third-order valence-corrected chi connectivity index (χ3v) is 7.53. The molecule has 2 saturated heterocycles. The SMILES string of the molecule is CCCn1cc(C(=O)C2CC3CCCC(C2)S3(=O)=O)cn1. The summed E-state index contributed by atoms with van der Waals surface area (Å²) in [6, 6.07) is 0. The highest BCUT2D eigenvalue weighted by atomic mass is 32.2. The van der Waals surface area contributed by atoms with Crippen LogP contribution >= 0.6 is 0 Å². The first-order chi connectivity index (χ1) is 10.0. The number of sulfone groups is 1. The van der Waals surface area contributed by atoms with Gasteiger partial charge in [0.2, 0.25) is 0 Å². The Morgan fingerprint density at radius 3 is 2.62 bits per heavy atom. The van der Waals surface area contributed by atoms with Gasteiger partial charge in [0.1, 0.15) is 0 Å². The van der Waals surface area contributed by atoms with Crippen LogP contribution in [0.15, 0.2) is 12.4 Å². The molecule has 6 heteroatoms. The van der Waals surface area contributed by atoms with E-state index in [0.29, 0.717) is 18.4 Å². The summed E-state index contributed by atoms with van der Waals surface area (Å²) < 4.78 is 26.3. The fourth-order valence-corrected chi connectivity index (χ4v) is 6.24. The van der Waals surface area contributed by atoms with E-state index < -0.39 is 9.84 Å². The number of aromatic nitrogens is 2. The molecule has 0 spiro atoms. The molecule has 2 bridgehead atoms. The molecule has 3 rings (SSSR count). The zero-order valence-corrected chi connectivity index (χ0v) is 13.2. The van der Waals surface area contributed by atoms with Crippen molar-refractivity contribution in [3.63, 3.8) is 0 Å². The molecule has 2 unspecified atom stereocenters. The predicted molar refractivity (Wildman–Crippen MR) is 79.9 cm³/mol. The van der Waals surface area contributed by atoms with E-state index in [-0.39, 0.29) is 22.2 Å².